The number of ether oxygens (including phenoxy) is 1. The molecule has 0 aliphatic rings. The minimum absolute atomic E-state index is 0.0329. The van der Waals surface area contributed by atoms with Gasteiger partial charge in [-0.2, -0.15) is 0 Å². The third-order valence-corrected chi connectivity index (χ3v) is 2.56. The highest BCUT2D eigenvalue weighted by molar-refractivity contribution is 5.24. The summed E-state index contributed by atoms with van der Waals surface area (Å²) in [6.07, 6.45) is 1.84. The normalized spacial score (nSPS) is 11.6. The molecule has 0 amide bonds. The van der Waals surface area contributed by atoms with Crippen molar-refractivity contribution in [2.45, 2.75) is 47.1 Å². The van der Waals surface area contributed by atoms with Crippen LogP contribution in [-0.2, 0) is 13.0 Å². The van der Waals surface area contributed by atoms with Crippen LogP contribution < -0.4 is 4.74 Å². The van der Waals surface area contributed by atoms with Gasteiger partial charge in [-0.15, -0.1) is 0 Å². The molecule has 17 heavy (non-hydrogen) atoms. The Labute approximate surface area is 104 Å². The number of hydrogen-bond donors (Lipinski definition) is 1. The van der Waals surface area contributed by atoms with E-state index in [-0.39, 0.29) is 12.0 Å². The van der Waals surface area contributed by atoms with E-state index in [1.807, 2.05) is 19.1 Å². The molecule has 0 spiro atoms. The molecule has 0 aliphatic carbocycles. The molecule has 1 N–H and O–H groups in total. The number of nitrogens with zero attached hydrogens (tertiary/aromatic N) is 1. The molecule has 1 aromatic heterocycles. The van der Waals surface area contributed by atoms with E-state index in [2.05, 4.69) is 25.8 Å². The van der Waals surface area contributed by atoms with Gasteiger partial charge in [0, 0.05) is 11.8 Å². The lowest BCUT2D eigenvalue weighted by Crippen LogP contribution is -2.12. The summed E-state index contributed by atoms with van der Waals surface area (Å²) in [7, 11) is 0. The van der Waals surface area contributed by atoms with Crippen molar-refractivity contribution in [1.82, 2.24) is 4.98 Å². The van der Waals surface area contributed by atoms with Crippen LogP contribution in [0.4, 0.5) is 0 Å². The van der Waals surface area contributed by atoms with Gasteiger partial charge in [0.2, 0.25) is 5.88 Å². The Morgan fingerprint density at radius 2 is 2.00 bits per heavy atom. The second-order valence-corrected chi connectivity index (χ2v) is 5.48. The third-order valence-electron chi connectivity index (χ3n) is 2.56. The topological polar surface area (TPSA) is 42.4 Å². The van der Waals surface area contributed by atoms with Crippen LogP contribution in [0.5, 0.6) is 5.88 Å². The minimum atomic E-state index is 0.0329. The van der Waals surface area contributed by atoms with Gasteiger partial charge in [-0.1, -0.05) is 27.7 Å². The number of aromatic nitrogens is 1. The largest absolute Gasteiger partial charge is 0.478 e. The predicted molar refractivity (Wildman–Crippen MR) is 69.1 cm³/mol. The highest BCUT2D eigenvalue weighted by Crippen LogP contribution is 2.19. The molecule has 0 aliphatic heterocycles. The quantitative estimate of drug-likeness (QED) is 0.856. The van der Waals surface area contributed by atoms with Gasteiger partial charge in [-0.05, 0) is 29.9 Å². The van der Waals surface area contributed by atoms with E-state index in [0.717, 1.165) is 24.1 Å². The molecular weight excluding hydrogens is 214 g/mol. The van der Waals surface area contributed by atoms with Crippen molar-refractivity contribution in [3.05, 3.63) is 23.4 Å². The summed E-state index contributed by atoms with van der Waals surface area (Å²) < 4.78 is 5.64. The summed E-state index contributed by atoms with van der Waals surface area (Å²) >= 11 is 0. The second-order valence-electron chi connectivity index (χ2n) is 5.48. The first-order valence-electron chi connectivity index (χ1n) is 6.18. The van der Waals surface area contributed by atoms with Gasteiger partial charge in [0.15, 0.2) is 0 Å². The molecule has 0 aromatic carbocycles. The third kappa shape index (κ3) is 5.18. The fourth-order valence-electron chi connectivity index (χ4n) is 1.43. The van der Waals surface area contributed by atoms with E-state index in [1.54, 1.807) is 0 Å². The Morgan fingerprint density at radius 3 is 2.53 bits per heavy atom. The zero-order valence-corrected chi connectivity index (χ0v) is 11.3. The number of rotatable bonds is 5. The first-order valence-corrected chi connectivity index (χ1v) is 6.18. The SMILES string of the molecule is CCc1cc(CO)cc(OCCC(C)(C)C)n1. The second kappa shape index (κ2) is 6.01. The number of pyridine rings is 1. The van der Waals surface area contributed by atoms with Crippen molar-refractivity contribution in [2.24, 2.45) is 5.41 Å². The standard InChI is InChI=1S/C14H23NO2/c1-5-12-8-11(10-16)9-13(15-12)17-7-6-14(2,3)4/h8-9,16H,5-7,10H2,1-4H3. The highest BCUT2D eigenvalue weighted by atomic mass is 16.5. The molecule has 3 heteroatoms. The molecule has 0 fully saturated rings. The molecule has 1 rings (SSSR count). The lowest BCUT2D eigenvalue weighted by Gasteiger charge is -2.18. The molecule has 0 atom stereocenters. The molecule has 0 radical (unpaired) electrons. The average Bonchev–Trinajstić information content (AvgIpc) is 2.26. The molecule has 0 unspecified atom stereocenters. The highest BCUT2D eigenvalue weighted by Gasteiger charge is 2.10. The number of aryl methyl sites for hydroxylation is 1. The summed E-state index contributed by atoms with van der Waals surface area (Å²) in [4.78, 5) is 4.39. The van der Waals surface area contributed by atoms with Crippen LogP contribution in [0.15, 0.2) is 12.1 Å². The molecule has 0 saturated heterocycles. The van der Waals surface area contributed by atoms with Crippen LogP contribution in [-0.4, -0.2) is 16.7 Å². The van der Waals surface area contributed by atoms with Gasteiger partial charge >= 0.3 is 0 Å². The van der Waals surface area contributed by atoms with Crippen LogP contribution in [0.3, 0.4) is 0 Å². The van der Waals surface area contributed by atoms with Crippen molar-refractivity contribution in [2.75, 3.05) is 6.61 Å². The van der Waals surface area contributed by atoms with E-state index in [9.17, 15) is 0 Å². The summed E-state index contributed by atoms with van der Waals surface area (Å²) in [5.41, 5.74) is 2.09. The Morgan fingerprint density at radius 1 is 1.29 bits per heavy atom. The minimum Gasteiger partial charge on any atom is -0.478 e. The first kappa shape index (κ1) is 14.0. The molecule has 1 heterocycles. The van der Waals surface area contributed by atoms with Gasteiger partial charge in [0.1, 0.15) is 0 Å². The fourth-order valence-corrected chi connectivity index (χ4v) is 1.43. The number of aliphatic hydroxyl groups excluding tert-OH is 1. The van der Waals surface area contributed by atoms with Crippen LogP contribution in [0.1, 0.15) is 45.4 Å². The lowest BCUT2D eigenvalue weighted by atomic mass is 9.93. The molecule has 96 valence electrons. The van der Waals surface area contributed by atoms with Gasteiger partial charge in [-0.3, -0.25) is 0 Å². The lowest BCUT2D eigenvalue weighted by molar-refractivity contribution is 0.234. The molecular formula is C14H23NO2. The Balaban J connectivity index is 2.64. The van der Waals surface area contributed by atoms with Gasteiger partial charge < -0.3 is 9.84 Å². The average molecular weight is 237 g/mol. The summed E-state index contributed by atoms with van der Waals surface area (Å²) in [6, 6.07) is 3.72. The van der Waals surface area contributed by atoms with Crippen LogP contribution >= 0.6 is 0 Å². The number of hydrogen-bond acceptors (Lipinski definition) is 3. The van der Waals surface area contributed by atoms with E-state index in [0.29, 0.717) is 12.5 Å². The van der Waals surface area contributed by atoms with Crippen LogP contribution in [0.25, 0.3) is 0 Å². The van der Waals surface area contributed by atoms with E-state index >= 15 is 0 Å². The van der Waals surface area contributed by atoms with Crippen LogP contribution in [0, 0.1) is 5.41 Å². The van der Waals surface area contributed by atoms with Crippen molar-refractivity contribution in [1.29, 1.82) is 0 Å². The maximum absolute atomic E-state index is 9.15. The van der Waals surface area contributed by atoms with E-state index in [1.165, 1.54) is 0 Å². The van der Waals surface area contributed by atoms with Gasteiger partial charge in [0.05, 0.1) is 13.2 Å². The predicted octanol–water partition coefficient (Wildman–Crippen LogP) is 2.95. The fraction of sp³-hybridized carbons (Fsp3) is 0.643. The molecule has 0 bridgehead atoms. The zero-order valence-electron chi connectivity index (χ0n) is 11.3. The van der Waals surface area contributed by atoms with Crippen molar-refractivity contribution in [3.8, 4) is 5.88 Å². The maximum atomic E-state index is 9.15. The Hall–Kier alpha value is -1.09. The summed E-state index contributed by atoms with van der Waals surface area (Å²) in [5.74, 6) is 0.623. The maximum Gasteiger partial charge on any atom is 0.213 e. The van der Waals surface area contributed by atoms with E-state index < -0.39 is 0 Å². The molecule has 1 aromatic rings. The first-order chi connectivity index (χ1) is 7.94. The van der Waals surface area contributed by atoms with Crippen molar-refractivity contribution in [3.63, 3.8) is 0 Å². The van der Waals surface area contributed by atoms with Crippen molar-refractivity contribution >= 4 is 0 Å². The molecule has 3 nitrogen and oxygen atoms in total. The van der Waals surface area contributed by atoms with E-state index in [4.69, 9.17) is 9.84 Å². The number of aliphatic hydroxyl groups is 1. The van der Waals surface area contributed by atoms with Crippen LogP contribution in [0.2, 0.25) is 0 Å². The molecule has 0 saturated carbocycles. The smallest absolute Gasteiger partial charge is 0.213 e. The zero-order chi connectivity index (χ0) is 12.9. The Kier molecular flexibility index (Phi) is 4.94. The van der Waals surface area contributed by atoms with Gasteiger partial charge in [-0.25, -0.2) is 4.98 Å². The summed E-state index contributed by atoms with van der Waals surface area (Å²) in [5, 5.41) is 9.15. The van der Waals surface area contributed by atoms with Crippen molar-refractivity contribution < 1.29 is 9.84 Å². The summed E-state index contributed by atoms with van der Waals surface area (Å²) in [6.45, 7) is 9.30. The monoisotopic (exact) mass is 237 g/mol. The Bertz CT molecular complexity index is 333. The van der Waals surface area contributed by atoms with Gasteiger partial charge in [0.25, 0.3) is 0 Å².